The van der Waals surface area contributed by atoms with E-state index in [0.29, 0.717) is 17.1 Å². The van der Waals surface area contributed by atoms with E-state index in [-0.39, 0.29) is 17.4 Å². The zero-order valence-electron chi connectivity index (χ0n) is 13.3. The SMILES string of the molecule is CCCCNc1ccc(C(=O)Nc2cccc(C(C)=O)c2)nn1. The molecule has 0 saturated heterocycles. The summed E-state index contributed by atoms with van der Waals surface area (Å²) in [4.78, 5) is 23.5. The number of nitrogens with zero attached hydrogens (tertiary/aromatic N) is 2. The first kappa shape index (κ1) is 16.6. The number of rotatable bonds is 7. The van der Waals surface area contributed by atoms with Crippen molar-refractivity contribution in [3.63, 3.8) is 0 Å². The number of hydrogen-bond donors (Lipinski definition) is 2. The molecule has 0 aliphatic rings. The highest BCUT2D eigenvalue weighted by Crippen LogP contribution is 2.12. The monoisotopic (exact) mass is 312 g/mol. The van der Waals surface area contributed by atoms with Crippen LogP contribution in [-0.4, -0.2) is 28.4 Å². The molecule has 1 amide bonds. The third kappa shape index (κ3) is 4.88. The lowest BCUT2D eigenvalue weighted by Gasteiger charge is -2.07. The predicted molar refractivity (Wildman–Crippen MR) is 89.8 cm³/mol. The van der Waals surface area contributed by atoms with Crippen LogP contribution in [0.1, 0.15) is 47.5 Å². The summed E-state index contributed by atoms with van der Waals surface area (Å²) in [5.74, 6) is 0.232. The van der Waals surface area contributed by atoms with Gasteiger partial charge < -0.3 is 10.6 Å². The van der Waals surface area contributed by atoms with E-state index < -0.39 is 0 Å². The third-order valence-electron chi connectivity index (χ3n) is 3.26. The zero-order valence-corrected chi connectivity index (χ0v) is 13.3. The molecule has 2 N–H and O–H groups in total. The topological polar surface area (TPSA) is 84.0 Å². The molecule has 0 bridgehead atoms. The van der Waals surface area contributed by atoms with Crippen molar-refractivity contribution in [1.82, 2.24) is 10.2 Å². The number of ketones is 1. The highest BCUT2D eigenvalue weighted by molar-refractivity contribution is 6.03. The van der Waals surface area contributed by atoms with Crippen LogP contribution in [0.5, 0.6) is 0 Å². The first-order chi connectivity index (χ1) is 11.1. The zero-order chi connectivity index (χ0) is 16.7. The van der Waals surface area contributed by atoms with Crippen LogP contribution in [0.4, 0.5) is 11.5 Å². The number of anilines is 2. The molecule has 120 valence electrons. The van der Waals surface area contributed by atoms with E-state index in [9.17, 15) is 9.59 Å². The molecule has 2 rings (SSSR count). The van der Waals surface area contributed by atoms with Crippen LogP contribution in [0.3, 0.4) is 0 Å². The normalized spacial score (nSPS) is 10.2. The summed E-state index contributed by atoms with van der Waals surface area (Å²) in [6, 6.07) is 10.1. The fourth-order valence-corrected chi connectivity index (χ4v) is 1.95. The molecule has 0 radical (unpaired) electrons. The van der Waals surface area contributed by atoms with Crippen molar-refractivity contribution in [2.24, 2.45) is 0 Å². The summed E-state index contributed by atoms with van der Waals surface area (Å²) in [6.07, 6.45) is 2.15. The molecular formula is C17H20N4O2. The molecule has 0 saturated carbocycles. The Morgan fingerprint density at radius 2 is 1.96 bits per heavy atom. The standard InChI is InChI=1S/C17H20N4O2/c1-3-4-10-18-16-9-8-15(20-21-16)17(23)19-14-7-5-6-13(11-14)12(2)22/h5-9,11H,3-4,10H2,1-2H3,(H,18,21)(H,19,23). The van der Waals surface area contributed by atoms with Gasteiger partial charge in [-0.1, -0.05) is 25.5 Å². The summed E-state index contributed by atoms with van der Waals surface area (Å²) in [6.45, 7) is 4.42. The van der Waals surface area contributed by atoms with Crippen molar-refractivity contribution in [3.05, 3.63) is 47.7 Å². The second-order valence-corrected chi connectivity index (χ2v) is 5.18. The molecule has 0 spiro atoms. The van der Waals surface area contributed by atoms with Gasteiger partial charge in [-0.2, -0.15) is 0 Å². The van der Waals surface area contributed by atoms with Gasteiger partial charge in [-0.25, -0.2) is 0 Å². The number of hydrogen-bond acceptors (Lipinski definition) is 5. The lowest BCUT2D eigenvalue weighted by molar-refractivity contribution is 0.100. The number of carbonyl (C=O) groups is 2. The second-order valence-electron chi connectivity index (χ2n) is 5.18. The molecule has 6 nitrogen and oxygen atoms in total. The van der Waals surface area contributed by atoms with E-state index >= 15 is 0 Å². The first-order valence-corrected chi connectivity index (χ1v) is 7.60. The van der Waals surface area contributed by atoms with E-state index in [2.05, 4.69) is 27.8 Å². The second kappa shape index (κ2) is 8.03. The van der Waals surface area contributed by atoms with Crippen molar-refractivity contribution in [2.75, 3.05) is 17.2 Å². The van der Waals surface area contributed by atoms with Gasteiger partial charge in [0.1, 0.15) is 5.82 Å². The van der Waals surface area contributed by atoms with Gasteiger partial charge in [0.05, 0.1) is 0 Å². The molecule has 1 aromatic heterocycles. The van der Waals surface area contributed by atoms with Crippen molar-refractivity contribution in [3.8, 4) is 0 Å². The van der Waals surface area contributed by atoms with Gasteiger partial charge in [-0.3, -0.25) is 9.59 Å². The molecule has 2 aromatic rings. The van der Waals surface area contributed by atoms with Crippen molar-refractivity contribution < 1.29 is 9.59 Å². The quantitative estimate of drug-likeness (QED) is 0.606. The Bertz CT molecular complexity index is 683. The maximum absolute atomic E-state index is 12.1. The average molecular weight is 312 g/mol. The molecule has 1 heterocycles. The van der Waals surface area contributed by atoms with Crippen LogP contribution in [0.25, 0.3) is 0 Å². The Kier molecular flexibility index (Phi) is 5.80. The van der Waals surface area contributed by atoms with Crippen LogP contribution < -0.4 is 10.6 Å². The fourth-order valence-electron chi connectivity index (χ4n) is 1.95. The smallest absolute Gasteiger partial charge is 0.276 e. The van der Waals surface area contributed by atoms with Gasteiger partial charge in [-0.15, -0.1) is 10.2 Å². The molecule has 1 aromatic carbocycles. The Balaban J connectivity index is 2.00. The molecular weight excluding hydrogens is 292 g/mol. The van der Waals surface area contributed by atoms with Gasteiger partial charge >= 0.3 is 0 Å². The number of benzene rings is 1. The van der Waals surface area contributed by atoms with Crippen LogP contribution in [0, 0.1) is 0 Å². The van der Waals surface area contributed by atoms with E-state index in [1.165, 1.54) is 6.92 Å². The number of unbranched alkanes of at least 4 members (excludes halogenated alkanes) is 1. The molecule has 23 heavy (non-hydrogen) atoms. The Morgan fingerprint density at radius 3 is 2.61 bits per heavy atom. The van der Waals surface area contributed by atoms with Gasteiger partial charge in [-0.05, 0) is 37.6 Å². The van der Waals surface area contributed by atoms with Gasteiger partial charge in [0.25, 0.3) is 5.91 Å². The molecule has 6 heteroatoms. The predicted octanol–water partition coefficient (Wildman–Crippen LogP) is 3.14. The maximum atomic E-state index is 12.1. The third-order valence-corrected chi connectivity index (χ3v) is 3.26. The lowest BCUT2D eigenvalue weighted by Crippen LogP contribution is -2.15. The largest absolute Gasteiger partial charge is 0.369 e. The number of aromatic nitrogens is 2. The molecule has 0 atom stereocenters. The Hall–Kier alpha value is -2.76. The van der Waals surface area contributed by atoms with E-state index in [1.54, 1.807) is 36.4 Å². The molecule has 0 unspecified atom stereocenters. The van der Waals surface area contributed by atoms with E-state index in [0.717, 1.165) is 19.4 Å². The fraction of sp³-hybridized carbons (Fsp3) is 0.294. The van der Waals surface area contributed by atoms with Crippen molar-refractivity contribution >= 4 is 23.2 Å². The summed E-state index contributed by atoms with van der Waals surface area (Å²) < 4.78 is 0. The highest BCUT2D eigenvalue weighted by atomic mass is 16.2. The number of amides is 1. The van der Waals surface area contributed by atoms with Gasteiger partial charge in [0.15, 0.2) is 11.5 Å². The Morgan fingerprint density at radius 1 is 1.13 bits per heavy atom. The van der Waals surface area contributed by atoms with Gasteiger partial charge in [0, 0.05) is 17.8 Å². The minimum absolute atomic E-state index is 0.0524. The number of Topliss-reactive ketones (excluding diaryl/α,β-unsaturated/α-hetero) is 1. The highest BCUT2D eigenvalue weighted by Gasteiger charge is 2.09. The first-order valence-electron chi connectivity index (χ1n) is 7.60. The summed E-state index contributed by atoms with van der Waals surface area (Å²) in [5, 5.41) is 13.8. The summed E-state index contributed by atoms with van der Waals surface area (Å²) in [7, 11) is 0. The minimum atomic E-state index is -0.363. The van der Waals surface area contributed by atoms with E-state index in [1.807, 2.05) is 0 Å². The molecule has 0 aliphatic heterocycles. The van der Waals surface area contributed by atoms with Crippen LogP contribution in [0.15, 0.2) is 36.4 Å². The van der Waals surface area contributed by atoms with Crippen molar-refractivity contribution in [2.45, 2.75) is 26.7 Å². The average Bonchev–Trinajstić information content (AvgIpc) is 2.56. The maximum Gasteiger partial charge on any atom is 0.276 e. The van der Waals surface area contributed by atoms with E-state index in [4.69, 9.17) is 0 Å². The van der Waals surface area contributed by atoms with Gasteiger partial charge in [0.2, 0.25) is 0 Å². The summed E-state index contributed by atoms with van der Waals surface area (Å²) >= 11 is 0. The van der Waals surface area contributed by atoms with Crippen LogP contribution in [0.2, 0.25) is 0 Å². The molecule has 0 aliphatic carbocycles. The van der Waals surface area contributed by atoms with Crippen LogP contribution in [-0.2, 0) is 0 Å². The minimum Gasteiger partial charge on any atom is -0.369 e. The molecule has 0 fully saturated rings. The number of carbonyl (C=O) groups excluding carboxylic acids is 2. The summed E-state index contributed by atoms with van der Waals surface area (Å²) in [5.41, 5.74) is 1.32. The van der Waals surface area contributed by atoms with Crippen molar-refractivity contribution in [1.29, 1.82) is 0 Å². The van der Waals surface area contributed by atoms with Crippen LogP contribution >= 0.6 is 0 Å². The lowest BCUT2D eigenvalue weighted by atomic mass is 10.1. The number of nitrogens with one attached hydrogen (secondary N) is 2. The Labute approximate surface area is 135 Å².